The molecule has 10 heteroatoms. The fourth-order valence-corrected chi connectivity index (χ4v) is 3.97. The van der Waals surface area contributed by atoms with Gasteiger partial charge in [-0.25, -0.2) is 18.2 Å². The molecule has 2 aromatic heterocycles. The van der Waals surface area contributed by atoms with E-state index in [1.54, 1.807) is 6.92 Å². The number of nitro groups is 1. The molecule has 8 nitrogen and oxygen atoms in total. The smallest absolute Gasteiger partial charge is 0.270 e. The number of ketones is 1. The van der Waals surface area contributed by atoms with Crippen LogP contribution in [0.25, 0.3) is 17.0 Å². The predicted molar refractivity (Wildman–Crippen MR) is 126 cm³/mol. The van der Waals surface area contributed by atoms with Crippen LogP contribution in [0.3, 0.4) is 0 Å². The van der Waals surface area contributed by atoms with Gasteiger partial charge in [0.1, 0.15) is 11.6 Å². The van der Waals surface area contributed by atoms with Gasteiger partial charge in [-0.2, -0.15) is 0 Å². The first-order valence-corrected chi connectivity index (χ1v) is 10.9. The minimum atomic E-state index is -0.768. The minimum Gasteiger partial charge on any atom is -0.313 e. The molecule has 4 aromatic rings. The van der Waals surface area contributed by atoms with Gasteiger partial charge in [0.2, 0.25) is 5.78 Å². The molecular formula is C25H22F2N4O4. The van der Waals surface area contributed by atoms with Gasteiger partial charge >= 0.3 is 0 Å². The largest absolute Gasteiger partial charge is 0.313 e. The number of nitro benzene ring substituents is 1. The van der Waals surface area contributed by atoms with E-state index >= 15 is 0 Å². The van der Waals surface area contributed by atoms with Crippen molar-refractivity contribution in [3.05, 3.63) is 97.6 Å². The van der Waals surface area contributed by atoms with Gasteiger partial charge in [0.25, 0.3) is 11.2 Å². The van der Waals surface area contributed by atoms with Crippen molar-refractivity contribution in [2.75, 3.05) is 0 Å². The average Bonchev–Trinajstić information content (AvgIpc) is 3.15. The molecule has 2 aromatic carbocycles. The average molecular weight is 480 g/mol. The second-order valence-corrected chi connectivity index (χ2v) is 8.68. The first-order chi connectivity index (χ1) is 16.6. The van der Waals surface area contributed by atoms with E-state index in [1.807, 2.05) is 13.8 Å². The number of nitrogens with zero attached hydrogens (tertiary/aromatic N) is 4. The van der Waals surface area contributed by atoms with E-state index in [9.17, 15) is 28.5 Å². The molecule has 0 aliphatic carbocycles. The Morgan fingerprint density at radius 2 is 1.74 bits per heavy atom. The third-order valence-electron chi connectivity index (χ3n) is 5.70. The molecule has 0 fully saturated rings. The van der Waals surface area contributed by atoms with E-state index in [1.165, 1.54) is 45.5 Å². The van der Waals surface area contributed by atoms with E-state index in [4.69, 9.17) is 0 Å². The zero-order valence-corrected chi connectivity index (χ0v) is 19.3. The highest BCUT2D eigenvalue weighted by atomic mass is 19.1. The number of benzene rings is 2. The Bertz CT molecular complexity index is 1500. The summed E-state index contributed by atoms with van der Waals surface area (Å²) in [6.07, 6.45) is 1.41. The van der Waals surface area contributed by atoms with Crippen LogP contribution in [-0.4, -0.2) is 24.7 Å². The maximum Gasteiger partial charge on any atom is 0.270 e. The molecule has 0 N–H and O–H groups in total. The Hall–Kier alpha value is -4.21. The molecule has 0 saturated carbocycles. The summed E-state index contributed by atoms with van der Waals surface area (Å²) in [7, 11) is 0. The Kier molecular flexibility index (Phi) is 6.29. The highest BCUT2D eigenvalue weighted by molar-refractivity contribution is 5.95. The number of Topliss-reactive ketones (excluding diaryl/α,β-unsaturated/α-hetero) is 1. The second-order valence-electron chi connectivity index (χ2n) is 8.68. The molecule has 35 heavy (non-hydrogen) atoms. The zero-order chi connectivity index (χ0) is 25.4. The number of non-ortho nitro benzene ring substituents is 1. The predicted octanol–water partition coefficient (Wildman–Crippen LogP) is 4.93. The van der Waals surface area contributed by atoms with Gasteiger partial charge < -0.3 is 4.57 Å². The fraction of sp³-hybridized carbons (Fsp3) is 0.240. The summed E-state index contributed by atoms with van der Waals surface area (Å²) in [6, 6.07) is 9.14. The maximum absolute atomic E-state index is 14.4. The molecule has 0 amide bonds. The fourth-order valence-electron chi connectivity index (χ4n) is 3.97. The van der Waals surface area contributed by atoms with Crippen LogP contribution in [0.5, 0.6) is 0 Å². The van der Waals surface area contributed by atoms with Crippen LogP contribution in [0.1, 0.15) is 41.9 Å². The molecule has 0 spiro atoms. The van der Waals surface area contributed by atoms with Gasteiger partial charge in [-0.1, -0.05) is 19.9 Å². The number of imidazole rings is 1. The van der Waals surface area contributed by atoms with E-state index < -0.39 is 22.1 Å². The summed E-state index contributed by atoms with van der Waals surface area (Å²) in [5.74, 6) is -1.84. The van der Waals surface area contributed by atoms with Crippen LogP contribution in [0.2, 0.25) is 0 Å². The third kappa shape index (κ3) is 4.46. The van der Waals surface area contributed by atoms with Gasteiger partial charge in [-0.3, -0.25) is 19.7 Å². The van der Waals surface area contributed by atoms with Crippen molar-refractivity contribution in [2.24, 2.45) is 5.92 Å². The highest BCUT2D eigenvalue weighted by Gasteiger charge is 2.23. The monoisotopic (exact) mass is 480 g/mol. The van der Waals surface area contributed by atoms with Gasteiger partial charge in [-0.15, -0.1) is 0 Å². The van der Waals surface area contributed by atoms with Gasteiger partial charge in [-0.05, 0) is 37.1 Å². The normalized spacial score (nSPS) is 11.4. The van der Waals surface area contributed by atoms with Crippen molar-refractivity contribution in [1.29, 1.82) is 0 Å². The molecule has 2 heterocycles. The van der Waals surface area contributed by atoms with Crippen molar-refractivity contribution in [3.63, 3.8) is 0 Å². The summed E-state index contributed by atoms with van der Waals surface area (Å²) in [5.41, 5.74) is 0.209. The molecule has 0 aliphatic heterocycles. The summed E-state index contributed by atoms with van der Waals surface area (Å²) in [6.45, 7) is 5.01. The molecule has 0 unspecified atom stereocenters. The van der Waals surface area contributed by atoms with Gasteiger partial charge in [0.15, 0.2) is 5.78 Å². The van der Waals surface area contributed by atoms with Crippen molar-refractivity contribution >= 4 is 17.2 Å². The number of hydrogen-bond acceptors (Lipinski definition) is 5. The van der Waals surface area contributed by atoms with Gasteiger partial charge in [0.05, 0.1) is 28.4 Å². The van der Waals surface area contributed by atoms with Crippen molar-refractivity contribution < 1.29 is 18.5 Å². The molecule has 0 bridgehead atoms. The van der Waals surface area contributed by atoms with Crippen LogP contribution in [0, 0.1) is 34.6 Å². The Labute approximate surface area is 198 Å². The minimum absolute atomic E-state index is 0.00499. The first kappa shape index (κ1) is 23.9. The number of aromatic nitrogens is 3. The lowest BCUT2D eigenvalue weighted by Crippen LogP contribution is -2.27. The molecule has 0 radical (unpaired) electrons. The van der Waals surface area contributed by atoms with Crippen molar-refractivity contribution in [3.8, 4) is 11.3 Å². The Balaban J connectivity index is 1.96. The third-order valence-corrected chi connectivity index (χ3v) is 5.70. The molecule has 0 saturated heterocycles. The SMILES string of the molecule is Cc1c(-c2ccc([N+](=O)[O-])cc2)nc2n(Cc3c(F)cccc3F)cc(C(=O)CC(C)C)c(=O)n12. The Morgan fingerprint density at radius 3 is 2.31 bits per heavy atom. The molecule has 4 rings (SSSR count). The van der Waals surface area contributed by atoms with Crippen LogP contribution < -0.4 is 5.56 Å². The van der Waals surface area contributed by atoms with Crippen molar-refractivity contribution in [2.45, 2.75) is 33.7 Å². The second kappa shape index (κ2) is 9.21. The standard InChI is InChI=1S/C25H22F2N4O4/c1-14(2)11-22(32)19-13-29(12-18-20(26)5-4-6-21(18)27)25-28-23(15(3)30(25)24(19)33)16-7-9-17(10-8-16)31(34)35/h4-10,13-14H,11-12H2,1-3H3. The van der Waals surface area contributed by atoms with Crippen LogP contribution in [0.4, 0.5) is 14.5 Å². The van der Waals surface area contributed by atoms with Gasteiger partial charge in [0, 0.05) is 35.9 Å². The number of aryl methyl sites for hydroxylation is 1. The quantitative estimate of drug-likeness (QED) is 0.212. The van der Waals surface area contributed by atoms with E-state index in [-0.39, 0.29) is 47.3 Å². The molecule has 180 valence electrons. The lowest BCUT2D eigenvalue weighted by atomic mass is 10.0. The number of carbonyl (C=O) groups excluding carboxylic acids is 1. The molecule has 0 aliphatic rings. The lowest BCUT2D eigenvalue weighted by molar-refractivity contribution is -0.384. The van der Waals surface area contributed by atoms with Crippen LogP contribution >= 0.6 is 0 Å². The molecular weight excluding hydrogens is 458 g/mol. The summed E-state index contributed by atoms with van der Waals surface area (Å²) >= 11 is 0. The topological polar surface area (TPSA) is 99.5 Å². The summed E-state index contributed by atoms with van der Waals surface area (Å²) in [4.78, 5) is 41.2. The lowest BCUT2D eigenvalue weighted by Gasteiger charge is -2.13. The number of hydrogen-bond donors (Lipinski definition) is 0. The van der Waals surface area contributed by atoms with Crippen LogP contribution in [-0.2, 0) is 6.54 Å². The summed E-state index contributed by atoms with van der Waals surface area (Å²) < 4.78 is 31.5. The summed E-state index contributed by atoms with van der Waals surface area (Å²) in [5, 5.41) is 11.0. The van der Waals surface area contributed by atoms with E-state index in [0.29, 0.717) is 17.0 Å². The first-order valence-electron chi connectivity index (χ1n) is 10.9. The van der Waals surface area contributed by atoms with Crippen molar-refractivity contribution in [1.82, 2.24) is 14.0 Å². The van der Waals surface area contributed by atoms with E-state index in [0.717, 1.165) is 12.1 Å². The number of rotatable bonds is 7. The highest BCUT2D eigenvalue weighted by Crippen LogP contribution is 2.26. The van der Waals surface area contributed by atoms with E-state index in [2.05, 4.69) is 4.98 Å². The number of fused-ring (bicyclic) bond motifs is 1. The number of carbonyl (C=O) groups is 1. The molecule has 0 atom stereocenters. The number of halogens is 2. The van der Waals surface area contributed by atoms with Crippen LogP contribution in [0.15, 0.2) is 53.5 Å². The Morgan fingerprint density at radius 1 is 1.11 bits per heavy atom. The zero-order valence-electron chi connectivity index (χ0n) is 19.3. The maximum atomic E-state index is 14.4.